The van der Waals surface area contributed by atoms with Crippen molar-refractivity contribution in [3.8, 4) is 0 Å². The molecule has 2 aliphatic rings. The van der Waals surface area contributed by atoms with Gasteiger partial charge in [-0.1, -0.05) is 26.2 Å². The lowest BCUT2D eigenvalue weighted by atomic mass is 9.68. The molecule has 1 saturated heterocycles. The van der Waals surface area contributed by atoms with Gasteiger partial charge in [-0.25, -0.2) is 0 Å². The van der Waals surface area contributed by atoms with Gasteiger partial charge < -0.3 is 10.2 Å². The first kappa shape index (κ1) is 14.3. The van der Waals surface area contributed by atoms with Crippen molar-refractivity contribution >= 4 is 0 Å². The summed E-state index contributed by atoms with van der Waals surface area (Å²) in [6, 6.07) is 0. The molecule has 2 rings (SSSR count). The van der Waals surface area contributed by atoms with Crippen LogP contribution in [0, 0.1) is 5.41 Å². The smallest absolute Gasteiger partial charge is 0.000663 e. The Bertz CT molecular complexity index is 211. The Kier molecular flexibility index (Phi) is 5.97. The Morgan fingerprint density at radius 1 is 0.944 bits per heavy atom. The van der Waals surface area contributed by atoms with Crippen LogP contribution in [0.3, 0.4) is 0 Å². The molecule has 0 unspecified atom stereocenters. The number of rotatable bonds is 6. The minimum atomic E-state index is 0.773. The van der Waals surface area contributed by atoms with Crippen LogP contribution in [-0.4, -0.2) is 37.6 Å². The molecule has 0 aromatic rings. The van der Waals surface area contributed by atoms with Crippen molar-refractivity contribution < 1.29 is 0 Å². The average Bonchev–Trinajstić information content (AvgIpc) is 2.42. The summed E-state index contributed by atoms with van der Waals surface area (Å²) in [6.07, 6.45) is 13.1. The van der Waals surface area contributed by atoms with Crippen molar-refractivity contribution in [3.63, 3.8) is 0 Å². The first-order valence-corrected chi connectivity index (χ1v) is 8.28. The molecule has 1 spiro atoms. The highest BCUT2D eigenvalue weighted by molar-refractivity contribution is 4.88. The Morgan fingerprint density at radius 3 is 2.33 bits per heavy atom. The first-order chi connectivity index (χ1) is 8.85. The molecule has 0 aromatic carbocycles. The first-order valence-electron chi connectivity index (χ1n) is 8.28. The standard InChI is InChI=1S/C16H32N2/c1-2-11-17-12-6-13-18-14-9-16(10-15-18)7-4-3-5-8-16/h17H,2-15H2,1H3. The highest BCUT2D eigenvalue weighted by Crippen LogP contribution is 2.44. The topological polar surface area (TPSA) is 15.3 Å². The van der Waals surface area contributed by atoms with Crippen molar-refractivity contribution in [2.75, 3.05) is 32.7 Å². The second-order valence-corrected chi connectivity index (χ2v) is 6.51. The summed E-state index contributed by atoms with van der Waals surface area (Å²) in [6.45, 7) is 8.67. The SMILES string of the molecule is CCCNCCCN1CCC2(CCCCC2)CC1. The molecule has 1 aliphatic heterocycles. The van der Waals surface area contributed by atoms with Gasteiger partial charge in [0.2, 0.25) is 0 Å². The molecule has 2 fully saturated rings. The lowest BCUT2D eigenvalue weighted by Crippen LogP contribution is -2.41. The largest absolute Gasteiger partial charge is 0.317 e. The summed E-state index contributed by atoms with van der Waals surface area (Å²) in [5, 5.41) is 3.50. The maximum Gasteiger partial charge on any atom is -0.000663 e. The van der Waals surface area contributed by atoms with Gasteiger partial charge in [0.15, 0.2) is 0 Å². The van der Waals surface area contributed by atoms with E-state index >= 15 is 0 Å². The van der Waals surface area contributed by atoms with Crippen molar-refractivity contribution in [2.45, 2.75) is 64.7 Å². The number of nitrogens with zero attached hydrogens (tertiary/aromatic N) is 1. The predicted octanol–water partition coefficient (Wildman–Crippen LogP) is 3.42. The van der Waals surface area contributed by atoms with E-state index in [9.17, 15) is 0 Å². The number of piperidine rings is 1. The molecule has 18 heavy (non-hydrogen) atoms. The van der Waals surface area contributed by atoms with Crippen LogP contribution in [0.5, 0.6) is 0 Å². The molecule has 1 saturated carbocycles. The Morgan fingerprint density at radius 2 is 1.67 bits per heavy atom. The zero-order valence-electron chi connectivity index (χ0n) is 12.3. The number of likely N-dealkylation sites (tertiary alicyclic amines) is 1. The number of hydrogen-bond donors (Lipinski definition) is 1. The van der Waals surface area contributed by atoms with Gasteiger partial charge in [0.25, 0.3) is 0 Å². The van der Waals surface area contributed by atoms with Crippen LogP contribution in [0.4, 0.5) is 0 Å². The third-order valence-electron chi connectivity index (χ3n) is 5.09. The molecule has 1 aliphatic carbocycles. The van der Waals surface area contributed by atoms with Gasteiger partial charge in [-0.2, -0.15) is 0 Å². The van der Waals surface area contributed by atoms with Gasteiger partial charge >= 0.3 is 0 Å². The summed E-state index contributed by atoms with van der Waals surface area (Å²) in [4.78, 5) is 2.70. The van der Waals surface area contributed by atoms with Crippen LogP contribution >= 0.6 is 0 Å². The molecule has 0 aromatic heterocycles. The number of nitrogens with one attached hydrogen (secondary N) is 1. The van der Waals surface area contributed by atoms with E-state index in [1.807, 2.05) is 0 Å². The van der Waals surface area contributed by atoms with Gasteiger partial charge in [-0.05, 0) is 76.7 Å². The van der Waals surface area contributed by atoms with Crippen LogP contribution in [0.15, 0.2) is 0 Å². The zero-order chi connectivity index (χ0) is 12.7. The normalized spacial score (nSPS) is 24.5. The van der Waals surface area contributed by atoms with E-state index in [-0.39, 0.29) is 0 Å². The molecule has 0 amide bonds. The van der Waals surface area contributed by atoms with Crippen LogP contribution in [0.25, 0.3) is 0 Å². The molecule has 1 N–H and O–H groups in total. The Balaban J connectivity index is 1.58. The van der Waals surface area contributed by atoms with Crippen LogP contribution in [-0.2, 0) is 0 Å². The fraction of sp³-hybridized carbons (Fsp3) is 1.00. The van der Waals surface area contributed by atoms with Gasteiger partial charge in [0, 0.05) is 0 Å². The van der Waals surface area contributed by atoms with Crippen LogP contribution < -0.4 is 5.32 Å². The summed E-state index contributed by atoms with van der Waals surface area (Å²) < 4.78 is 0. The average molecular weight is 252 g/mol. The molecule has 2 heteroatoms. The maximum atomic E-state index is 3.50. The monoisotopic (exact) mass is 252 g/mol. The summed E-state index contributed by atoms with van der Waals surface area (Å²) in [5.74, 6) is 0. The van der Waals surface area contributed by atoms with E-state index in [1.54, 1.807) is 0 Å². The maximum absolute atomic E-state index is 3.50. The lowest BCUT2D eigenvalue weighted by Gasteiger charge is -2.44. The second kappa shape index (κ2) is 7.49. The summed E-state index contributed by atoms with van der Waals surface area (Å²) >= 11 is 0. The molecular formula is C16H32N2. The van der Waals surface area contributed by atoms with E-state index in [2.05, 4.69) is 17.1 Å². The summed E-state index contributed by atoms with van der Waals surface area (Å²) in [5.41, 5.74) is 0.773. The van der Waals surface area contributed by atoms with Crippen molar-refractivity contribution in [3.05, 3.63) is 0 Å². The Hall–Kier alpha value is -0.0800. The summed E-state index contributed by atoms with van der Waals surface area (Å²) in [7, 11) is 0. The van der Waals surface area contributed by atoms with Gasteiger partial charge in [0.05, 0.1) is 0 Å². The zero-order valence-corrected chi connectivity index (χ0v) is 12.3. The van der Waals surface area contributed by atoms with E-state index in [0.717, 1.165) is 5.41 Å². The van der Waals surface area contributed by atoms with Gasteiger partial charge in [0.1, 0.15) is 0 Å². The fourth-order valence-corrected chi connectivity index (χ4v) is 3.78. The van der Waals surface area contributed by atoms with E-state index < -0.39 is 0 Å². The molecule has 0 radical (unpaired) electrons. The third-order valence-corrected chi connectivity index (χ3v) is 5.09. The molecule has 0 bridgehead atoms. The Labute approximate surface area is 114 Å². The van der Waals surface area contributed by atoms with Crippen molar-refractivity contribution in [1.29, 1.82) is 0 Å². The minimum Gasteiger partial charge on any atom is -0.317 e. The van der Waals surface area contributed by atoms with Crippen LogP contribution in [0.2, 0.25) is 0 Å². The highest BCUT2D eigenvalue weighted by atomic mass is 15.1. The van der Waals surface area contributed by atoms with Crippen LogP contribution in [0.1, 0.15) is 64.7 Å². The molecule has 2 nitrogen and oxygen atoms in total. The van der Waals surface area contributed by atoms with Crippen molar-refractivity contribution in [2.24, 2.45) is 5.41 Å². The molecular weight excluding hydrogens is 220 g/mol. The van der Waals surface area contributed by atoms with E-state index in [4.69, 9.17) is 0 Å². The molecule has 1 heterocycles. The van der Waals surface area contributed by atoms with Gasteiger partial charge in [-0.3, -0.25) is 0 Å². The molecule has 106 valence electrons. The third kappa shape index (κ3) is 4.24. The minimum absolute atomic E-state index is 0.773. The van der Waals surface area contributed by atoms with E-state index in [0.29, 0.717) is 0 Å². The van der Waals surface area contributed by atoms with Gasteiger partial charge in [-0.15, -0.1) is 0 Å². The fourth-order valence-electron chi connectivity index (χ4n) is 3.78. The highest BCUT2D eigenvalue weighted by Gasteiger charge is 2.35. The van der Waals surface area contributed by atoms with E-state index in [1.165, 1.54) is 90.5 Å². The van der Waals surface area contributed by atoms with Crippen molar-refractivity contribution in [1.82, 2.24) is 10.2 Å². The predicted molar refractivity (Wildman–Crippen MR) is 79.0 cm³/mol. The quantitative estimate of drug-likeness (QED) is 0.729. The molecule has 0 atom stereocenters. The number of hydrogen-bond acceptors (Lipinski definition) is 2. The lowest BCUT2D eigenvalue weighted by molar-refractivity contribution is 0.0673. The second-order valence-electron chi connectivity index (χ2n) is 6.51.